The molecule has 6 nitrogen and oxygen atoms in total. The zero-order valence-electron chi connectivity index (χ0n) is 17.3. The summed E-state index contributed by atoms with van der Waals surface area (Å²) in [4.78, 5) is 28.9. The molecule has 29 heavy (non-hydrogen) atoms. The average molecular weight is 400 g/mol. The van der Waals surface area contributed by atoms with Gasteiger partial charge in [-0.15, -0.1) is 0 Å². The Balaban J connectivity index is 1.17. The molecule has 1 N–H and O–H groups in total. The number of ether oxygens (including phenoxy) is 1. The Bertz CT molecular complexity index is 688. The van der Waals surface area contributed by atoms with Crippen LogP contribution in [0.5, 0.6) is 0 Å². The Labute approximate surface area is 173 Å². The van der Waals surface area contributed by atoms with E-state index in [1.54, 1.807) is 0 Å². The number of morpholine rings is 1. The highest BCUT2D eigenvalue weighted by Crippen LogP contribution is 2.32. The smallest absolute Gasteiger partial charge is 0.251 e. The minimum Gasteiger partial charge on any atom is -0.379 e. The standard InChI is InChI=1S/C23H33N3O3/c27-22(24-9-12-25-13-15-29-16-14-25)20-3-1-18(2-4-20)17-19-7-10-26(11-8-19)23(28)21-5-6-21/h1-4,19,21H,5-17H2,(H,24,27). The number of amides is 2. The molecule has 2 amide bonds. The van der Waals surface area contributed by atoms with Crippen molar-refractivity contribution in [1.29, 1.82) is 0 Å². The van der Waals surface area contributed by atoms with E-state index in [-0.39, 0.29) is 5.91 Å². The van der Waals surface area contributed by atoms with Gasteiger partial charge in [0, 0.05) is 50.7 Å². The molecule has 0 unspecified atom stereocenters. The summed E-state index contributed by atoms with van der Waals surface area (Å²) in [5.41, 5.74) is 2.00. The van der Waals surface area contributed by atoms with Gasteiger partial charge < -0.3 is 15.0 Å². The van der Waals surface area contributed by atoms with Crippen molar-refractivity contribution in [3.8, 4) is 0 Å². The number of nitrogens with one attached hydrogen (secondary N) is 1. The molecule has 1 aliphatic carbocycles. The van der Waals surface area contributed by atoms with Crippen molar-refractivity contribution >= 4 is 11.8 Å². The third kappa shape index (κ3) is 5.80. The zero-order chi connectivity index (χ0) is 20.1. The van der Waals surface area contributed by atoms with Gasteiger partial charge in [0.1, 0.15) is 0 Å². The van der Waals surface area contributed by atoms with Crippen LogP contribution in [0.4, 0.5) is 0 Å². The number of hydrogen-bond donors (Lipinski definition) is 1. The maximum Gasteiger partial charge on any atom is 0.251 e. The van der Waals surface area contributed by atoms with E-state index in [1.165, 1.54) is 5.56 Å². The Hall–Kier alpha value is -1.92. The van der Waals surface area contributed by atoms with Gasteiger partial charge in [-0.3, -0.25) is 14.5 Å². The molecule has 1 aromatic carbocycles. The quantitative estimate of drug-likeness (QED) is 0.761. The van der Waals surface area contributed by atoms with Crippen molar-refractivity contribution in [2.75, 3.05) is 52.5 Å². The summed E-state index contributed by atoms with van der Waals surface area (Å²) in [6.07, 6.45) is 5.38. The van der Waals surface area contributed by atoms with Gasteiger partial charge in [0.25, 0.3) is 5.91 Å². The molecule has 2 aliphatic heterocycles. The Morgan fingerprint density at radius 3 is 2.31 bits per heavy atom. The van der Waals surface area contributed by atoms with Crippen LogP contribution in [0.3, 0.4) is 0 Å². The van der Waals surface area contributed by atoms with Crippen molar-refractivity contribution in [3.05, 3.63) is 35.4 Å². The minimum atomic E-state index is -0.00305. The summed E-state index contributed by atoms with van der Waals surface area (Å²) in [6.45, 7) is 6.80. The van der Waals surface area contributed by atoms with E-state index in [9.17, 15) is 9.59 Å². The maximum atomic E-state index is 12.4. The Morgan fingerprint density at radius 1 is 0.966 bits per heavy atom. The average Bonchev–Trinajstić information content (AvgIpc) is 3.60. The Kier molecular flexibility index (Phi) is 6.82. The number of piperidine rings is 1. The van der Waals surface area contributed by atoms with Crippen LogP contribution >= 0.6 is 0 Å². The number of benzene rings is 1. The van der Waals surface area contributed by atoms with Crippen LogP contribution in [0.2, 0.25) is 0 Å². The molecule has 0 spiro atoms. The third-order valence-electron chi connectivity index (χ3n) is 6.41. The summed E-state index contributed by atoms with van der Waals surface area (Å²) in [5.74, 6) is 1.34. The summed E-state index contributed by atoms with van der Waals surface area (Å²) in [7, 11) is 0. The summed E-state index contributed by atoms with van der Waals surface area (Å²) >= 11 is 0. The first-order chi connectivity index (χ1) is 14.2. The second-order valence-electron chi connectivity index (χ2n) is 8.65. The Morgan fingerprint density at radius 2 is 1.66 bits per heavy atom. The van der Waals surface area contributed by atoms with E-state index in [1.807, 2.05) is 12.1 Å². The monoisotopic (exact) mass is 399 g/mol. The van der Waals surface area contributed by atoms with E-state index < -0.39 is 0 Å². The van der Waals surface area contributed by atoms with Crippen LogP contribution in [0.25, 0.3) is 0 Å². The molecule has 0 radical (unpaired) electrons. The lowest BCUT2D eigenvalue weighted by Gasteiger charge is -2.32. The molecular weight excluding hydrogens is 366 g/mol. The predicted octanol–water partition coefficient (Wildman–Crippen LogP) is 1.94. The highest BCUT2D eigenvalue weighted by molar-refractivity contribution is 5.94. The molecule has 1 saturated carbocycles. The number of rotatable bonds is 7. The fourth-order valence-electron chi connectivity index (χ4n) is 4.33. The largest absolute Gasteiger partial charge is 0.379 e. The first kappa shape index (κ1) is 20.4. The molecule has 4 rings (SSSR count). The fourth-order valence-corrected chi connectivity index (χ4v) is 4.33. The summed E-state index contributed by atoms with van der Waals surface area (Å²) in [5, 5.41) is 3.02. The molecule has 2 saturated heterocycles. The number of carbonyl (C=O) groups excluding carboxylic acids is 2. The van der Waals surface area contributed by atoms with E-state index >= 15 is 0 Å². The second kappa shape index (κ2) is 9.72. The molecule has 6 heteroatoms. The highest BCUT2D eigenvalue weighted by Gasteiger charge is 2.34. The second-order valence-corrected chi connectivity index (χ2v) is 8.65. The topological polar surface area (TPSA) is 61.9 Å². The molecule has 0 atom stereocenters. The van der Waals surface area contributed by atoms with Crippen LogP contribution in [-0.2, 0) is 16.0 Å². The molecule has 2 heterocycles. The van der Waals surface area contributed by atoms with E-state index in [0.717, 1.165) is 83.6 Å². The molecule has 158 valence electrons. The fraction of sp³-hybridized carbons (Fsp3) is 0.652. The van der Waals surface area contributed by atoms with Crippen LogP contribution < -0.4 is 5.32 Å². The predicted molar refractivity (Wildman–Crippen MR) is 112 cm³/mol. The van der Waals surface area contributed by atoms with Gasteiger partial charge in [-0.2, -0.15) is 0 Å². The summed E-state index contributed by atoms with van der Waals surface area (Å²) in [6, 6.07) is 8.04. The number of carbonyl (C=O) groups is 2. The van der Waals surface area contributed by atoms with E-state index in [4.69, 9.17) is 4.74 Å². The SMILES string of the molecule is O=C(NCCN1CCOCC1)c1ccc(CC2CCN(C(=O)C3CC3)CC2)cc1. The lowest BCUT2D eigenvalue weighted by atomic mass is 9.89. The first-order valence-corrected chi connectivity index (χ1v) is 11.1. The van der Waals surface area contributed by atoms with Crippen LogP contribution in [0, 0.1) is 11.8 Å². The molecule has 3 fully saturated rings. The van der Waals surface area contributed by atoms with Crippen molar-refractivity contribution in [3.63, 3.8) is 0 Å². The van der Waals surface area contributed by atoms with Crippen molar-refractivity contribution in [1.82, 2.24) is 15.1 Å². The van der Waals surface area contributed by atoms with Gasteiger partial charge in [-0.1, -0.05) is 12.1 Å². The van der Waals surface area contributed by atoms with Gasteiger partial charge >= 0.3 is 0 Å². The van der Waals surface area contributed by atoms with Gasteiger partial charge in [0.15, 0.2) is 0 Å². The molecule has 0 aromatic heterocycles. The van der Waals surface area contributed by atoms with Crippen molar-refractivity contribution in [2.45, 2.75) is 32.1 Å². The highest BCUT2D eigenvalue weighted by atomic mass is 16.5. The van der Waals surface area contributed by atoms with Gasteiger partial charge in [-0.05, 0) is 55.7 Å². The molecule has 3 aliphatic rings. The summed E-state index contributed by atoms with van der Waals surface area (Å²) < 4.78 is 5.34. The molecular formula is C23H33N3O3. The van der Waals surface area contributed by atoms with Crippen LogP contribution in [0.15, 0.2) is 24.3 Å². The van der Waals surface area contributed by atoms with Gasteiger partial charge in [0.05, 0.1) is 13.2 Å². The van der Waals surface area contributed by atoms with Crippen molar-refractivity contribution < 1.29 is 14.3 Å². The van der Waals surface area contributed by atoms with Crippen molar-refractivity contribution in [2.24, 2.45) is 11.8 Å². The van der Waals surface area contributed by atoms with Crippen LogP contribution in [-0.4, -0.2) is 74.1 Å². The van der Waals surface area contributed by atoms with Crippen LogP contribution in [0.1, 0.15) is 41.6 Å². The maximum absolute atomic E-state index is 12.4. The van der Waals surface area contributed by atoms with Gasteiger partial charge in [-0.25, -0.2) is 0 Å². The zero-order valence-corrected chi connectivity index (χ0v) is 17.3. The molecule has 0 bridgehead atoms. The normalized spacial score (nSPS) is 21.2. The minimum absolute atomic E-state index is 0.00305. The lowest BCUT2D eigenvalue weighted by molar-refractivity contribution is -0.133. The number of nitrogens with zero attached hydrogens (tertiary/aromatic N) is 2. The van der Waals surface area contributed by atoms with Gasteiger partial charge in [0.2, 0.25) is 5.91 Å². The van der Waals surface area contributed by atoms with E-state index in [0.29, 0.717) is 24.3 Å². The molecule has 1 aromatic rings. The van der Waals surface area contributed by atoms with E-state index in [2.05, 4.69) is 27.2 Å². The lowest BCUT2D eigenvalue weighted by Crippen LogP contribution is -2.41. The third-order valence-corrected chi connectivity index (χ3v) is 6.41. The first-order valence-electron chi connectivity index (χ1n) is 11.1. The number of likely N-dealkylation sites (tertiary alicyclic amines) is 1. The number of hydrogen-bond acceptors (Lipinski definition) is 4.